The molecule has 0 spiro atoms. The van der Waals surface area contributed by atoms with Crippen LogP contribution in [-0.2, 0) is 6.18 Å². The number of hydrogen-bond donors (Lipinski definition) is 1. The van der Waals surface area contributed by atoms with E-state index in [9.17, 15) is 26.3 Å². The average molecular weight is 233 g/mol. The largest absolute Gasteiger partial charge is 0.451 e. The van der Waals surface area contributed by atoms with E-state index < -0.39 is 30.1 Å². The van der Waals surface area contributed by atoms with Gasteiger partial charge in [0.15, 0.2) is 0 Å². The van der Waals surface area contributed by atoms with Crippen molar-refractivity contribution in [2.75, 3.05) is 0 Å². The Bertz CT molecular complexity index is 378. The third kappa shape index (κ3) is 2.86. The van der Waals surface area contributed by atoms with Gasteiger partial charge in [-0.1, -0.05) is 5.10 Å². The fourth-order valence-corrected chi connectivity index (χ4v) is 0.544. The summed E-state index contributed by atoms with van der Waals surface area (Å²) >= 11 is 0. The van der Waals surface area contributed by atoms with E-state index >= 15 is 0 Å². The summed E-state index contributed by atoms with van der Waals surface area (Å²) in [5, 5.41) is 5.16. The lowest BCUT2D eigenvalue weighted by Crippen LogP contribution is -2.07. The molecule has 4 nitrogen and oxygen atoms in total. The Balaban J connectivity index is 2.83. The number of hydrogen-bond acceptors (Lipinski definition) is 3. The molecule has 84 valence electrons. The van der Waals surface area contributed by atoms with Gasteiger partial charge in [0, 0.05) is 0 Å². The summed E-state index contributed by atoms with van der Waals surface area (Å²) in [6.07, 6.45) is -7.66. The standard InChI is InChI=1S/C5HF6N3O/c6-1(7)2(8)15-4-12-3(13-14-4)5(9,10)11/h(H,12,13,14). The number of nitrogens with zero attached hydrogens (tertiary/aromatic N) is 2. The van der Waals surface area contributed by atoms with Crippen LogP contribution < -0.4 is 4.74 Å². The van der Waals surface area contributed by atoms with Crippen molar-refractivity contribution in [2.45, 2.75) is 6.18 Å². The van der Waals surface area contributed by atoms with E-state index in [-0.39, 0.29) is 0 Å². The molecule has 0 bridgehead atoms. The van der Waals surface area contributed by atoms with Crippen molar-refractivity contribution < 1.29 is 31.1 Å². The normalized spacial score (nSPS) is 11.3. The van der Waals surface area contributed by atoms with Gasteiger partial charge in [0.25, 0.3) is 0 Å². The fourth-order valence-electron chi connectivity index (χ4n) is 0.544. The summed E-state index contributed by atoms with van der Waals surface area (Å²) in [5.41, 5.74) is 0. The van der Waals surface area contributed by atoms with Crippen molar-refractivity contribution in [2.24, 2.45) is 0 Å². The molecule has 0 fully saturated rings. The molecular weight excluding hydrogens is 232 g/mol. The average Bonchev–Trinajstić information content (AvgIpc) is 2.51. The third-order valence-corrected chi connectivity index (χ3v) is 1.07. The summed E-state index contributed by atoms with van der Waals surface area (Å²) in [7, 11) is 0. The predicted molar refractivity (Wildman–Crippen MR) is 32.4 cm³/mol. The molecule has 0 atom stereocenters. The molecule has 0 aliphatic heterocycles. The molecule has 1 heterocycles. The van der Waals surface area contributed by atoms with Gasteiger partial charge in [-0.2, -0.15) is 26.3 Å². The smallest absolute Gasteiger partial charge is 0.393 e. The third-order valence-electron chi connectivity index (χ3n) is 1.07. The number of aromatic nitrogens is 3. The van der Waals surface area contributed by atoms with Crippen LogP contribution in [0.3, 0.4) is 0 Å². The summed E-state index contributed by atoms with van der Waals surface area (Å²) < 4.78 is 74.1. The molecular formula is C5HF6N3O. The van der Waals surface area contributed by atoms with Crippen molar-refractivity contribution in [1.29, 1.82) is 0 Å². The zero-order chi connectivity index (χ0) is 11.6. The summed E-state index contributed by atoms with van der Waals surface area (Å²) in [5.74, 6) is -1.58. The number of nitrogens with one attached hydrogen (secondary N) is 1. The van der Waals surface area contributed by atoms with Gasteiger partial charge in [-0.15, -0.1) is 5.10 Å². The highest BCUT2D eigenvalue weighted by atomic mass is 19.4. The minimum Gasteiger partial charge on any atom is -0.393 e. The molecule has 10 heteroatoms. The number of rotatable bonds is 2. The van der Waals surface area contributed by atoms with Gasteiger partial charge in [0.1, 0.15) is 0 Å². The minimum absolute atomic E-state index is 1.12. The first-order valence-corrected chi connectivity index (χ1v) is 3.19. The Morgan fingerprint density at radius 1 is 1.13 bits per heavy atom. The second kappa shape index (κ2) is 3.79. The lowest BCUT2D eigenvalue weighted by Gasteiger charge is -1.98. The summed E-state index contributed by atoms with van der Waals surface area (Å²) in [6, 6.07) is -3.47. The molecule has 0 radical (unpaired) electrons. The highest BCUT2D eigenvalue weighted by Crippen LogP contribution is 2.27. The van der Waals surface area contributed by atoms with Gasteiger partial charge >= 0.3 is 24.3 Å². The van der Waals surface area contributed by atoms with E-state index in [0.29, 0.717) is 0 Å². The summed E-state index contributed by atoms with van der Waals surface area (Å²) in [4.78, 5) is 1.36. The second-order valence-electron chi connectivity index (χ2n) is 2.11. The molecule has 0 amide bonds. The van der Waals surface area contributed by atoms with Crippen LogP contribution in [0.25, 0.3) is 0 Å². The highest BCUT2D eigenvalue weighted by molar-refractivity contribution is 5.01. The molecule has 0 aromatic carbocycles. The first-order chi connectivity index (χ1) is 6.80. The molecule has 1 rings (SSSR count). The number of aromatic amines is 1. The van der Waals surface area contributed by atoms with E-state index in [1.807, 2.05) is 0 Å². The van der Waals surface area contributed by atoms with Crippen LogP contribution >= 0.6 is 0 Å². The van der Waals surface area contributed by atoms with Crippen LogP contribution in [0.4, 0.5) is 26.3 Å². The molecule has 1 N–H and O–H groups in total. The first-order valence-electron chi connectivity index (χ1n) is 3.19. The maximum atomic E-state index is 12.1. The van der Waals surface area contributed by atoms with Gasteiger partial charge in [0.05, 0.1) is 0 Å². The fraction of sp³-hybridized carbons (Fsp3) is 0.200. The van der Waals surface area contributed by atoms with Gasteiger partial charge < -0.3 is 4.74 Å². The molecule has 1 aromatic rings. The zero-order valence-corrected chi connectivity index (χ0v) is 6.57. The quantitative estimate of drug-likeness (QED) is 0.629. The zero-order valence-electron chi connectivity index (χ0n) is 6.57. The highest BCUT2D eigenvalue weighted by Gasteiger charge is 2.35. The van der Waals surface area contributed by atoms with Gasteiger partial charge in [0.2, 0.25) is 5.82 Å². The van der Waals surface area contributed by atoms with Crippen LogP contribution in [-0.4, -0.2) is 15.2 Å². The second-order valence-corrected chi connectivity index (χ2v) is 2.11. The van der Waals surface area contributed by atoms with Crippen LogP contribution in [0.5, 0.6) is 6.01 Å². The van der Waals surface area contributed by atoms with Gasteiger partial charge in [-0.05, 0) is 0 Å². The Morgan fingerprint density at radius 2 is 1.73 bits per heavy atom. The van der Waals surface area contributed by atoms with E-state index in [1.165, 1.54) is 4.98 Å². The van der Waals surface area contributed by atoms with E-state index in [1.54, 1.807) is 0 Å². The molecule has 0 saturated carbocycles. The monoisotopic (exact) mass is 233 g/mol. The van der Waals surface area contributed by atoms with Crippen molar-refractivity contribution in [3.05, 3.63) is 17.9 Å². The SMILES string of the molecule is FC(F)=C(F)Oc1nnc(C(F)(F)F)[nH]1. The number of halogens is 6. The Kier molecular flexibility index (Phi) is 2.86. The number of alkyl halides is 3. The number of H-pyrrole nitrogens is 1. The molecule has 0 unspecified atom stereocenters. The maximum absolute atomic E-state index is 12.1. The minimum atomic E-state index is -4.84. The molecule has 0 aliphatic rings. The topological polar surface area (TPSA) is 50.8 Å². The lowest BCUT2D eigenvalue weighted by molar-refractivity contribution is -0.144. The predicted octanol–water partition coefficient (Wildman–Crippen LogP) is 2.24. The summed E-state index contributed by atoms with van der Waals surface area (Å²) in [6.45, 7) is 0. The Labute approximate surface area is 77.6 Å². The van der Waals surface area contributed by atoms with Crippen molar-refractivity contribution in [3.8, 4) is 6.01 Å². The van der Waals surface area contributed by atoms with E-state index in [4.69, 9.17) is 0 Å². The first kappa shape index (κ1) is 11.3. The molecule has 0 aliphatic carbocycles. The molecule has 15 heavy (non-hydrogen) atoms. The van der Waals surface area contributed by atoms with Crippen molar-refractivity contribution in [1.82, 2.24) is 15.2 Å². The maximum Gasteiger partial charge on any atom is 0.451 e. The van der Waals surface area contributed by atoms with Crippen LogP contribution in [0, 0.1) is 0 Å². The Morgan fingerprint density at radius 3 is 2.13 bits per heavy atom. The van der Waals surface area contributed by atoms with Crippen LogP contribution in [0.2, 0.25) is 0 Å². The lowest BCUT2D eigenvalue weighted by atomic mass is 10.6. The van der Waals surface area contributed by atoms with Gasteiger partial charge in [-0.3, -0.25) is 4.98 Å². The van der Waals surface area contributed by atoms with Gasteiger partial charge in [-0.25, -0.2) is 0 Å². The van der Waals surface area contributed by atoms with Crippen molar-refractivity contribution in [3.63, 3.8) is 0 Å². The molecule has 1 aromatic heterocycles. The van der Waals surface area contributed by atoms with E-state index in [2.05, 4.69) is 14.9 Å². The van der Waals surface area contributed by atoms with E-state index in [0.717, 1.165) is 0 Å². The van der Waals surface area contributed by atoms with Crippen molar-refractivity contribution >= 4 is 0 Å². The number of ether oxygens (including phenoxy) is 1. The van der Waals surface area contributed by atoms with Crippen LogP contribution in [0.15, 0.2) is 12.1 Å². The molecule has 0 saturated heterocycles. The van der Waals surface area contributed by atoms with Crippen LogP contribution in [0.1, 0.15) is 5.82 Å². The Hall–Kier alpha value is -1.74.